The minimum Gasteiger partial charge on any atom is -0.504 e. The molecule has 0 spiro atoms. The Balaban J connectivity index is 1.38. The van der Waals surface area contributed by atoms with E-state index in [-0.39, 0.29) is 23.0 Å². The van der Waals surface area contributed by atoms with Gasteiger partial charge in [-0.15, -0.1) is 11.3 Å². The molecule has 2 heterocycles. The molecule has 0 fully saturated rings. The second kappa shape index (κ2) is 11.9. The number of carbonyl (C=O) groups is 1. The third kappa shape index (κ3) is 5.79. The molecular formula is C28H28N4O5S2. The predicted octanol–water partition coefficient (Wildman–Crippen LogP) is 4.68. The van der Waals surface area contributed by atoms with E-state index in [0.29, 0.717) is 39.9 Å². The number of rotatable bonds is 9. The van der Waals surface area contributed by atoms with E-state index in [0.717, 1.165) is 36.1 Å². The molecule has 202 valence electrons. The lowest BCUT2D eigenvalue weighted by Gasteiger charge is -2.14. The summed E-state index contributed by atoms with van der Waals surface area (Å²) in [5.74, 6) is 0.726. The Bertz CT molecular complexity index is 1590. The Hall–Kier alpha value is -3.83. The summed E-state index contributed by atoms with van der Waals surface area (Å²) in [5, 5.41) is 15.0. The van der Waals surface area contributed by atoms with Crippen LogP contribution in [-0.2, 0) is 17.6 Å². The fraction of sp³-hybridized carbons (Fsp3) is 0.286. The van der Waals surface area contributed by atoms with Crippen molar-refractivity contribution < 1.29 is 19.4 Å². The summed E-state index contributed by atoms with van der Waals surface area (Å²) in [5.41, 5.74) is 4.82. The first-order valence-corrected chi connectivity index (χ1v) is 14.4. The average Bonchev–Trinajstić information content (AvgIpc) is 3.32. The predicted molar refractivity (Wildman–Crippen MR) is 154 cm³/mol. The zero-order chi connectivity index (χ0) is 27.4. The number of thiophene rings is 1. The molecule has 2 aromatic heterocycles. The fourth-order valence-electron chi connectivity index (χ4n) is 4.47. The van der Waals surface area contributed by atoms with Crippen LogP contribution in [0.4, 0.5) is 0 Å². The van der Waals surface area contributed by atoms with Crippen molar-refractivity contribution in [3.8, 4) is 22.9 Å². The molecule has 0 saturated carbocycles. The van der Waals surface area contributed by atoms with Crippen molar-refractivity contribution in [1.82, 2.24) is 15.0 Å². The molecule has 11 heteroatoms. The van der Waals surface area contributed by atoms with Crippen LogP contribution < -0.4 is 20.5 Å². The van der Waals surface area contributed by atoms with E-state index in [9.17, 15) is 14.7 Å². The molecule has 0 atom stereocenters. The molecule has 5 rings (SSSR count). The highest BCUT2D eigenvalue weighted by Crippen LogP contribution is 2.35. The van der Waals surface area contributed by atoms with Crippen LogP contribution >= 0.6 is 23.1 Å². The number of nitrogens with one attached hydrogen (secondary N) is 1. The Morgan fingerprint density at radius 1 is 1.23 bits per heavy atom. The second-order valence-electron chi connectivity index (χ2n) is 8.87. The molecule has 9 nitrogen and oxygen atoms in total. The van der Waals surface area contributed by atoms with E-state index in [1.54, 1.807) is 47.3 Å². The summed E-state index contributed by atoms with van der Waals surface area (Å²) in [6, 6.07) is 12.0. The van der Waals surface area contributed by atoms with Crippen LogP contribution in [0, 0.1) is 0 Å². The van der Waals surface area contributed by atoms with Gasteiger partial charge in [0.15, 0.2) is 16.7 Å². The maximum absolute atomic E-state index is 13.8. The minimum absolute atomic E-state index is 0.0102. The van der Waals surface area contributed by atoms with Crippen molar-refractivity contribution in [2.24, 2.45) is 5.10 Å². The standard InChI is InChI=1S/C28H28N4O5S2/c1-3-37-22-14-17(8-13-21(22)33)15-29-31-24(34)16-38-28-30-26-25(20-6-4-5-7-23(20)39-26)27(35)32(28)18-9-11-19(36-2)12-10-18/h8-15,33H,3-7,16H2,1-2H3,(H,31,34). The Labute approximate surface area is 233 Å². The van der Waals surface area contributed by atoms with E-state index in [1.807, 2.05) is 19.1 Å². The largest absolute Gasteiger partial charge is 0.504 e. The summed E-state index contributed by atoms with van der Waals surface area (Å²) in [6.07, 6.45) is 5.50. The maximum atomic E-state index is 13.8. The van der Waals surface area contributed by atoms with Crippen LogP contribution in [0.15, 0.2) is 57.5 Å². The Morgan fingerprint density at radius 3 is 2.79 bits per heavy atom. The van der Waals surface area contributed by atoms with Gasteiger partial charge >= 0.3 is 0 Å². The lowest BCUT2D eigenvalue weighted by Crippen LogP contribution is -2.24. The normalized spacial score (nSPS) is 13.0. The number of carbonyl (C=O) groups excluding carboxylic acids is 1. The molecule has 1 aliphatic carbocycles. The van der Waals surface area contributed by atoms with Crippen molar-refractivity contribution >= 4 is 45.4 Å². The molecule has 0 bridgehead atoms. The van der Waals surface area contributed by atoms with Crippen molar-refractivity contribution in [3.63, 3.8) is 0 Å². The molecule has 4 aromatic rings. The van der Waals surface area contributed by atoms with E-state index >= 15 is 0 Å². The maximum Gasteiger partial charge on any atom is 0.267 e. The van der Waals surface area contributed by atoms with E-state index < -0.39 is 0 Å². The number of amides is 1. The van der Waals surface area contributed by atoms with Gasteiger partial charge in [-0.2, -0.15) is 5.10 Å². The van der Waals surface area contributed by atoms with Gasteiger partial charge in [0.2, 0.25) is 0 Å². The van der Waals surface area contributed by atoms with Gasteiger partial charge in [-0.1, -0.05) is 11.8 Å². The zero-order valence-electron chi connectivity index (χ0n) is 21.6. The highest BCUT2D eigenvalue weighted by atomic mass is 32.2. The summed E-state index contributed by atoms with van der Waals surface area (Å²) >= 11 is 2.76. The van der Waals surface area contributed by atoms with Gasteiger partial charge in [-0.05, 0) is 86.2 Å². The fourth-order valence-corrected chi connectivity index (χ4v) is 6.57. The molecule has 0 saturated heterocycles. The van der Waals surface area contributed by atoms with Crippen LogP contribution in [0.1, 0.15) is 35.8 Å². The minimum atomic E-state index is -0.346. The van der Waals surface area contributed by atoms with Crippen LogP contribution in [0.5, 0.6) is 17.2 Å². The number of aryl methyl sites for hydroxylation is 2. The number of thioether (sulfide) groups is 1. The molecule has 0 aliphatic heterocycles. The monoisotopic (exact) mass is 564 g/mol. The number of methoxy groups -OCH3 is 1. The van der Waals surface area contributed by atoms with Crippen LogP contribution in [0.2, 0.25) is 0 Å². The number of aromatic hydroxyl groups is 1. The zero-order valence-corrected chi connectivity index (χ0v) is 23.2. The van der Waals surface area contributed by atoms with Crippen LogP contribution in [-0.4, -0.2) is 46.2 Å². The average molecular weight is 565 g/mol. The van der Waals surface area contributed by atoms with Gasteiger partial charge < -0.3 is 14.6 Å². The highest BCUT2D eigenvalue weighted by molar-refractivity contribution is 7.99. The van der Waals surface area contributed by atoms with Crippen molar-refractivity contribution in [2.75, 3.05) is 19.5 Å². The van der Waals surface area contributed by atoms with Gasteiger partial charge in [0.25, 0.3) is 11.5 Å². The number of hydrogen-bond acceptors (Lipinski definition) is 9. The number of ether oxygens (including phenoxy) is 2. The van der Waals surface area contributed by atoms with Crippen LogP contribution in [0.25, 0.3) is 15.9 Å². The molecule has 0 radical (unpaired) electrons. The third-order valence-electron chi connectivity index (χ3n) is 6.31. The van der Waals surface area contributed by atoms with Gasteiger partial charge in [0.05, 0.1) is 36.8 Å². The summed E-state index contributed by atoms with van der Waals surface area (Å²) < 4.78 is 12.2. The Morgan fingerprint density at radius 2 is 2.03 bits per heavy atom. The SMILES string of the molecule is CCOc1cc(C=NNC(=O)CSc2nc3sc4c(c3c(=O)n2-c2ccc(OC)cc2)CCCC4)ccc1O. The number of aromatic nitrogens is 2. The molecule has 39 heavy (non-hydrogen) atoms. The number of benzene rings is 2. The smallest absolute Gasteiger partial charge is 0.267 e. The number of fused-ring (bicyclic) bond motifs is 3. The first-order valence-electron chi connectivity index (χ1n) is 12.6. The second-order valence-corrected chi connectivity index (χ2v) is 10.9. The molecule has 2 aromatic carbocycles. The number of phenols is 1. The number of nitrogens with zero attached hydrogens (tertiary/aromatic N) is 3. The highest BCUT2D eigenvalue weighted by Gasteiger charge is 2.23. The summed E-state index contributed by atoms with van der Waals surface area (Å²) in [4.78, 5) is 33.3. The van der Waals surface area contributed by atoms with E-state index in [2.05, 4.69) is 10.5 Å². The van der Waals surface area contributed by atoms with Gasteiger partial charge in [0.1, 0.15) is 10.6 Å². The molecule has 2 N–H and O–H groups in total. The summed E-state index contributed by atoms with van der Waals surface area (Å²) in [7, 11) is 1.59. The van der Waals surface area contributed by atoms with E-state index in [1.165, 1.54) is 28.9 Å². The number of phenolic OH excluding ortho intramolecular Hbond substituents is 1. The quantitative estimate of drug-likeness (QED) is 0.131. The molecule has 0 unspecified atom stereocenters. The third-order valence-corrected chi connectivity index (χ3v) is 8.43. The van der Waals surface area contributed by atoms with Crippen molar-refractivity contribution in [2.45, 2.75) is 37.8 Å². The Kier molecular flexibility index (Phi) is 8.18. The van der Waals surface area contributed by atoms with Crippen molar-refractivity contribution in [1.29, 1.82) is 0 Å². The molecule has 1 aliphatic rings. The molecular weight excluding hydrogens is 536 g/mol. The van der Waals surface area contributed by atoms with Gasteiger partial charge in [-0.25, -0.2) is 10.4 Å². The first-order chi connectivity index (χ1) is 19.0. The molecule has 1 amide bonds. The summed E-state index contributed by atoms with van der Waals surface area (Å²) in [6.45, 7) is 2.24. The topological polar surface area (TPSA) is 115 Å². The lowest BCUT2D eigenvalue weighted by molar-refractivity contribution is -0.118. The van der Waals surface area contributed by atoms with Crippen molar-refractivity contribution in [3.05, 3.63) is 68.8 Å². The first kappa shape index (κ1) is 26.8. The number of hydrogen-bond donors (Lipinski definition) is 2. The van der Waals surface area contributed by atoms with Gasteiger partial charge in [-0.3, -0.25) is 14.2 Å². The van der Waals surface area contributed by atoms with Crippen LogP contribution in [0.3, 0.4) is 0 Å². The number of hydrazone groups is 1. The van der Waals surface area contributed by atoms with E-state index in [4.69, 9.17) is 14.5 Å². The van der Waals surface area contributed by atoms with Gasteiger partial charge in [0, 0.05) is 4.88 Å². The lowest BCUT2D eigenvalue weighted by atomic mass is 9.97.